The monoisotopic (exact) mass is 439 g/mol. The van der Waals surface area contributed by atoms with Crippen molar-refractivity contribution in [1.29, 1.82) is 0 Å². The van der Waals surface area contributed by atoms with E-state index >= 15 is 0 Å². The van der Waals surface area contributed by atoms with Gasteiger partial charge >= 0.3 is 0 Å². The number of furan rings is 1. The van der Waals surface area contributed by atoms with Crippen LogP contribution in [0.15, 0.2) is 71.4 Å². The number of rotatable bonds is 6. The highest BCUT2D eigenvalue weighted by atomic mass is 16.3. The average Bonchev–Trinajstić information content (AvgIpc) is 3.53. The molecule has 7 heteroatoms. The molecule has 0 aliphatic heterocycles. The molecule has 7 nitrogen and oxygen atoms in total. The number of hydrogen-bond donors (Lipinski definition) is 1. The Labute approximate surface area is 191 Å². The van der Waals surface area contributed by atoms with Crippen molar-refractivity contribution in [1.82, 2.24) is 24.6 Å². The van der Waals surface area contributed by atoms with Gasteiger partial charge in [0.25, 0.3) is 5.91 Å². The van der Waals surface area contributed by atoms with Crippen LogP contribution in [0.3, 0.4) is 0 Å². The van der Waals surface area contributed by atoms with Gasteiger partial charge in [-0.1, -0.05) is 12.1 Å². The summed E-state index contributed by atoms with van der Waals surface area (Å²) in [5.41, 5.74) is 4.60. The molecular weight excluding hydrogens is 414 g/mol. The van der Waals surface area contributed by atoms with Gasteiger partial charge < -0.3 is 14.3 Å². The van der Waals surface area contributed by atoms with Gasteiger partial charge in [-0.15, -0.1) is 0 Å². The number of carbonyl (C=O) groups is 1. The molecule has 1 amide bonds. The van der Waals surface area contributed by atoms with E-state index in [0.29, 0.717) is 18.7 Å². The summed E-state index contributed by atoms with van der Waals surface area (Å²) in [6, 6.07) is 17.4. The second-order valence-electron chi connectivity index (χ2n) is 8.24. The Balaban J connectivity index is 1.38. The van der Waals surface area contributed by atoms with Gasteiger partial charge in [0.2, 0.25) is 0 Å². The summed E-state index contributed by atoms with van der Waals surface area (Å²) in [5.74, 6) is 2.29. The molecule has 0 unspecified atom stereocenters. The molecular formula is C26H25N5O2. The molecule has 4 heterocycles. The van der Waals surface area contributed by atoms with Crippen molar-refractivity contribution in [2.45, 2.75) is 33.9 Å². The summed E-state index contributed by atoms with van der Waals surface area (Å²) in [6.45, 7) is 6.89. The lowest BCUT2D eigenvalue weighted by atomic mass is 10.1. The van der Waals surface area contributed by atoms with Crippen LogP contribution in [-0.4, -0.2) is 25.2 Å². The van der Waals surface area contributed by atoms with Crippen LogP contribution in [0.1, 0.15) is 38.7 Å². The number of aromatic nitrogens is 4. The predicted octanol–water partition coefficient (Wildman–Crippen LogP) is 4.72. The molecule has 0 atom stereocenters. The average molecular weight is 440 g/mol. The maximum absolute atomic E-state index is 12.5. The maximum Gasteiger partial charge on any atom is 0.251 e. The molecule has 0 radical (unpaired) electrons. The van der Waals surface area contributed by atoms with Crippen molar-refractivity contribution < 1.29 is 9.21 Å². The Bertz CT molecular complexity index is 1430. The van der Waals surface area contributed by atoms with E-state index < -0.39 is 0 Å². The van der Waals surface area contributed by atoms with Crippen LogP contribution >= 0.6 is 0 Å². The maximum atomic E-state index is 12.5. The molecule has 0 aliphatic carbocycles. The minimum atomic E-state index is -0.136. The summed E-state index contributed by atoms with van der Waals surface area (Å²) < 4.78 is 9.44. The number of nitrogens with one attached hydrogen (secondary N) is 1. The summed E-state index contributed by atoms with van der Waals surface area (Å²) in [5, 5.41) is 8.81. The van der Waals surface area contributed by atoms with Gasteiger partial charge in [0.1, 0.15) is 11.5 Å². The van der Waals surface area contributed by atoms with Crippen molar-refractivity contribution in [2.24, 2.45) is 0 Å². The van der Waals surface area contributed by atoms with Crippen LogP contribution in [0.25, 0.3) is 16.9 Å². The third kappa shape index (κ3) is 4.17. The third-order valence-electron chi connectivity index (χ3n) is 5.63. The normalized spacial score (nSPS) is 11.2. The first-order chi connectivity index (χ1) is 16.0. The summed E-state index contributed by atoms with van der Waals surface area (Å²) >= 11 is 0. The molecule has 1 N–H and O–H groups in total. The van der Waals surface area contributed by atoms with E-state index in [-0.39, 0.29) is 5.91 Å². The topological polar surface area (TPSA) is 77.9 Å². The van der Waals surface area contributed by atoms with Gasteiger partial charge in [0, 0.05) is 23.7 Å². The molecule has 1 aromatic carbocycles. The second-order valence-corrected chi connectivity index (χ2v) is 8.24. The van der Waals surface area contributed by atoms with Crippen molar-refractivity contribution in [2.75, 3.05) is 0 Å². The molecule has 5 aromatic rings. The lowest BCUT2D eigenvalue weighted by molar-refractivity contribution is 0.0948. The van der Waals surface area contributed by atoms with E-state index in [2.05, 4.69) is 18.3 Å². The van der Waals surface area contributed by atoms with Gasteiger partial charge in [0.05, 0.1) is 18.5 Å². The van der Waals surface area contributed by atoms with Crippen molar-refractivity contribution >= 4 is 16.9 Å². The Kier molecular flexibility index (Phi) is 5.30. The van der Waals surface area contributed by atoms with Crippen LogP contribution in [0.4, 0.5) is 0 Å². The second kappa shape index (κ2) is 8.43. The van der Waals surface area contributed by atoms with Crippen molar-refractivity contribution in [3.63, 3.8) is 0 Å². The number of pyridine rings is 1. The Hall–Kier alpha value is -4.13. The fourth-order valence-electron chi connectivity index (χ4n) is 4.04. The zero-order valence-corrected chi connectivity index (χ0v) is 18.9. The largest absolute Gasteiger partial charge is 0.465 e. The number of aryl methyl sites for hydroxylation is 3. The summed E-state index contributed by atoms with van der Waals surface area (Å²) in [6.07, 6.45) is 3.98. The fourth-order valence-corrected chi connectivity index (χ4v) is 4.04. The number of fused-ring (bicyclic) bond motifs is 1. The fraction of sp³-hybridized carbons (Fsp3) is 0.192. The molecule has 0 fully saturated rings. The SMILES string of the molecule is Cc1cc(C)c2c(-n3cccc3)nn(Cc3ccc(C(=O)NCc4ccc(C)o4)cc3)c2n1. The van der Waals surface area contributed by atoms with E-state index in [1.165, 1.54) is 0 Å². The number of benzene rings is 1. The van der Waals surface area contributed by atoms with Crippen LogP contribution in [0.5, 0.6) is 0 Å². The van der Waals surface area contributed by atoms with E-state index in [1.807, 2.05) is 84.0 Å². The van der Waals surface area contributed by atoms with Gasteiger partial charge in [-0.05, 0) is 74.4 Å². The highest BCUT2D eigenvalue weighted by Crippen LogP contribution is 2.25. The highest BCUT2D eigenvalue weighted by molar-refractivity contribution is 5.94. The molecule has 0 saturated carbocycles. The number of carbonyl (C=O) groups excluding carboxylic acids is 1. The first kappa shape index (κ1) is 20.8. The van der Waals surface area contributed by atoms with E-state index in [1.54, 1.807) is 0 Å². The molecule has 4 aromatic heterocycles. The lowest BCUT2D eigenvalue weighted by Crippen LogP contribution is -2.22. The zero-order chi connectivity index (χ0) is 22.9. The Morgan fingerprint density at radius 1 is 1.03 bits per heavy atom. The minimum Gasteiger partial charge on any atom is -0.465 e. The minimum absolute atomic E-state index is 0.136. The Morgan fingerprint density at radius 2 is 1.79 bits per heavy atom. The van der Waals surface area contributed by atoms with Crippen LogP contribution < -0.4 is 5.32 Å². The molecule has 0 bridgehead atoms. The smallest absolute Gasteiger partial charge is 0.251 e. The first-order valence-corrected chi connectivity index (χ1v) is 10.9. The quantitative estimate of drug-likeness (QED) is 0.415. The molecule has 5 rings (SSSR count). The van der Waals surface area contributed by atoms with Gasteiger partial charge in [-0.25, -0.2) is 9.67 Å². The van der Waals surface area contributed by atoms with E-state index in [9.17, 15) is 4.79 Å². The number of amides is 1. The number of hydrogen-bond acceptors (Lipinski definition) is 4. The highest BCUT2D eigenvalue weighted by Gasteiger charge is 2.16. The molecule has 0 aliphatic rings. The lowest BCUT2D eigenvalue weighted by Gasteiger charge is -2.07. The van der Waals surface area contributed by atoms with Crippen LogP contribution in [0.2, 0.25) is 0 Å². The predicted molar refractivity (Wildman–Crippen MR) is 126 cm³/mol. The van der Waals surface area contributed by atoms with Gasteiger partial charge in [0.15, 0.2) is 11.5 Å². The molecule has 0 saturated heterocycles. The van der Waals surface area contributed by atoms with Gasteiger partial charge in [-0.2, -0.15) is 5.10 Å². The van der Waals surface area contributed by atoms with Crippen molar-refractivity contribution in [3.05, 3.63) is 101 Å². The third-order valence-corrected chi connectivity index (χ3v) is 5.63. The first-order valence-electron chi connectivity index (χ1n) is 10.9. The van der Waals surface area contributed by atoms with E-state index in [0.717, 1.165) is 45.2 Å². The zero-order valence-electron chi connectivity index (χ0n) is 18.9. The standard InChI is InChI=1S/C26H25N5O2/c1-17-14-18(2)28-24-23(17)25(30-12-4-5-13-30)29-31(24)16-20-7-9-21(10-8-20)26(32)27-15-22-11-6-19(3)33-22/h4-14H,15-16H2,1-3H3,(H,27,32). The molecule has 0 spiro atoms. The van der Waals surface area contributed by atoms with E-state index in [4.69, 9.17) is 14.5 Å². The van der Waals surface area contributed by atoms with Gasteiger partial charge in [-0.3, -0.25) is 4.79 Å². The number of nitrogens with zero attached hydrogens (tertiary/aromatic N) is 4. The van der Waals surface area contributed by atoms with Crippen LogP contribution in [0, 0.1) is 20.8 Å². The Morgan fingerprint density at radius 3 is 2.48 bits per heavy atom. The van der Waals surface area contributed by atoms with Crippen LogP contribution in [-0.2, 0) is 13.1 Å². The van der Waals surface area contributed by atoms with Crippen molar-refractivity contribution in [3.8, 4) is 5.82 Å². The summed E-state index contributed by atoms with van der Waals surface area (Å²) in [7, 11) is 0. The molecule has 166 valence electrons. The summed E-state index contributed by atoms with van der Waals surface area (Å²) in [4.78, 5) is 17.3. The molecule has 33 heavy (non-hydrogen) atoms.